The van der Waals surface area contributed by atoms with E-state index in [-0.39, 0.29) is 35.9 Å². The molecule has 0 aliphatic heterocycles. The van der Waals surface area contributed by atoms with Gasteiger partial charge >= 0.3 is 23.1 Å². The van der Waals surface area contributed by atoms with E-state index in [1.807, 2.05) is 0 Å². The minimum absolute atomic E-state index is 0. The van der Waals surface area contributed by atoms with Gasteiger partial charge in [-0.2, -0.15) is 0 Å². The molecule has 0 unspecified atom stereocenters. The first-order valence-electron chi connectivity index (χ1n) is 6.34. The summed E-state index contributed by atoms with van der Waals surface area (Å²) in [7, 11) is 0. The molecule has 0 saturated heterocycles. The van der Waals surface area contributed by atoms with Gasteiger partial charge < -0.3 is 31.3 Å². The van der Waals surface area contributed by atoms with E-state index in [0.29, 0.717) is 25.9 Å². The minimum atomic E-state index is -0.966. The second kappa shape index (κ2) is 20.0. The van der Waals surface area contributed by atoms with E-state index in [1.165, 1.54) is 0 Å². The van der Waals surface area contributed by atoms with Crippen molar-refractivity contribution in [3.63, 3.8) is 0 Å². The van der Waals surface area contributed by atoms with Gasteiger partial charge in [-0.05, 0) is 51.6 Å². The van der Waals surface area contributed by atoms with Crippen molar-refractivity contribution < 1.29 is 19.8 Å². The number of carboxylic acid groups (broad SMARTS) is 2. The van der Waals surface area contributed by atoms with E-state index >= 15 is 0 Å². The average Bonchev–Trinajstić information content (AvgIpc) is 2.31. The minimum Gasteiger partial charge on any atom is -0.550 e. The molecule has 0 aromatic rings. The van der Waals surface area contributed by atoms with Gasteiger partial charge in [0.1, 0.15) is 0 Å². The Balaban J connectivity index is -0.000000256. The predicted octanol–water partition coefficient (Wildman–Crippen LogP) is -1.87. The Labute approximate surface area is 131 Å². The second-order valence-electron chi connectivity index (χ2n) is 3.94. The summed E-state index contributed by atoms with van der Waals surface area (Å²) in [6.07, 6.45) is 5.33. The monoisotopic (exact) mass is 284 g/mol. The number of carboxylic acids is 2. The van der Waals surface area contributed by atoms with Crippen molar-refractivity contribution in [2.45, 2.75) is 51.4 Å². The molecular formula is C12H24MgN2O4. The predicted molar refractivity (Wildman–Crippen MR) is 70.8 cm³/mol. The fraction of sp³-hybridized carbons (Fsp3) is 0.833. The van der Waals surface area contributed by atoms with Crippen molar-refractivity contribution in [2.24, 2.45) is 11.5 Å². The quantitative estimate of drug-likeness (QED) is 0.357. The summed E-state index contributed by atoms with van der Waals surface area (Å²) in [5, 5.41) is 19.6. The molecule has 4 N–H and O–H groups in total. The third-order valence-corrected chi connectivity index (χ3v) is 2.17. The van der Waals surface area contributed by atoms with E-state index in [4.69, 9.17) is 11.5 Å². The van der Waals surface area contributed by atoms with Crippen molar-refractivity contribution in [1.29, 1.82) is 0 Å². The average molecular weight is 285 g/mol. The van der Waals surface area contributed by atoms with Gasteiger partial charge in [-0.15, -0.1) is 0 Å². The Bertz CT molecular complexity index is 194. The van der Waals surface area contributed by atoms with Crippen molar-refractivity contribution in [3.05, 3.63) is 0 Å². The number of rotatable bonds is 10. The van der Waals surface area contributed by atoms with Crippen LogP contribution in [0.15, 0.2) is 0 Å². The topological polar surface area (TPSA) is 132 Å². The van der Waals surface area contributed by atoms with Crippen LogP contribution in [0.4, 0.5) is 0 Å². The van der Waals surface area contributed by atoms with Gasteiger partial charge in [0.2, 0.25) is 0 Å². The summed E-state index contributed by atoms with van der Waals surface area (Å²) in [5.74, 6) is -1.93. The molecule has 19 heavy (non-hydrogen) atoms. The maximum Gasteiger partial charge on any atom is 2.00 e. The largest absolute Gasteiger partial charge is 2.00 e. The van der Waals surface area contributed by atoms with Crippen LogP contribution < -0.4 is 21.7 Å². The SMILES string of the molecule is NCCCCCC(=O)[O-].NCCCCCC(=O)[O-].[Mg+2]. The molecular weight excluding hydrogens is 260 g/mol. The maximum atomic E-state index is 9.82. The maximum absolute atomic E-state index is 9.82. The van der Waals surface area contributed by atoms with Gasteiger partial charge in [-0.25, -0.2) is 0 Å². The zero-order valence-electron chi connectivity index (χ0n) is 11.6. The number of nitrogens with two attached hydrogens (primary N) is 2. The Hall–Kier alpha value is -0.374. The molecule has 0 rings (SSSR count). The number of hydrogen-bond acceptors (Lipinski definition) is 6. The molecule has 0 heterocycles. The smallest absolute Gasteiger partial charge is 0.550 e. The van der Waals surface area contributed by atoms with Crippen molar-refractivity contribution in [1.82, 2.24) is 0 Å². The van der Waals surface area contributed by atoms with Crippen molar-refractivity contribution >= 4 is 35.0 Å². The fourth-order valence-electron chi connectivity index (χ4n) is 1.18. The number of unbranched alkanes of at least 4 members (excludes halogenated alkanes) is 4. The van der Waals surface area contributed by atoms with Gasteiger partial charge in [0.25, 0.3) is 0 Å². The van der Waals surface area contributed by atoms with E-state index in [0.717, 1.165) is 25.7 Å². The van der Waals surface area contributed by atoms with E-state index < -0.39 is 11.9 Å². The van der Waals surface area contributed by atoms with Crippen LogP contribution in [0.5, 0.6) is 0 Å². The summed E-state index contributed by atoms with van der Waals surface area (Å²) in [6.45, 7) is 1.29. The van der Waals surface area contributed by atoms with Crippen LogP contribution in [0, 0.1) is 0 Å². The normalized spacial score (nSPS) is 8.95. The second-order valence-corrected chi connectivity index (χ2v) is 3.94. The van der Waals surface area contributed by atoms with Crippen LogP contribution in [0.3, 0.4) is 0 Å². The number of carbonyl (C=O) groups is 2. The Morgan fingerprint density at radius 1 is 0.684 bits per heavy atom. The Kier molecular flexibility index (Phi) is 24.9. The Morgan fingerprint density at radius 3 is 1.21 bits per heavy atom. The zero-order valence-corrected chi connectivity index (χ0v) is 13.0. The molecule has 6 nitrogen and oxygen atoms in total. The molecule has 0 aliphatic carbocycles. The number of hydrogen-bond donors (Lipinski definition) is 2. The van der Waals surface area contributed by atoms with Crippen LogP contribution in [0.2, 0.25) is 0 Å². The van der Waals surface area contributed by atoms with E-state index in [1.54, 1.807) is 0 Å². The molecule has 7 heteroatoms. The summed E-state index contributed by atoms with van der Waals surface area (Å²) in [4.78, 5) is 19.6. The van der Waals surface area contributed by atoms with Crippen LogP contribution in [0.1, 0.15) is 51.4 Å². The molecule has 0 spiro atoms. The first-order chi connectivity index (χ1) is 8.54. The third-order valence-electron chi connectivity index (χ3n) is 2.17. The molecule has 0 aromatic carbocycles. The molecule has 0 saturated carbocycles. The first kappa shape index (κ1) is 23.7. The van der Waals surface area contributed by atoms with Crippen LogP contribution in [-0.4, -0.2) is 48.1 Å². The molecule has 108 valence electrons. The van der Waals surface area contributed by atoms with Gasteiger partial charge in [0.15, 0.2) is 0 Å². The molecule has 0 fully saturated rings. The van der Waals surface area contributed by atoms with Gasteiger partial charge in [0.05, 0.1) is 0 Å². The fourth-order valence-corrected chi connectivity index (χ4v) is 1.18. The Morgan fingerprint density at radius 2 is 1.00 bits per heavy atom. The van der Waals surface area contributed by atoms with Crippen molar-refractivity contribution in [2.75, 3.05) is 13.1 Å². The molecule has 0 aliphatic rings. The van der Waals surface area contributed by atoms with Crippen LogP contribution in [-0.2, 0) is 9.59 Å². The number of aliphatic carboxylic acids is 2. The van der Waals surface area contributed by atoms with E-state index in [9.17, 15) is 19.8 Å². The molecule has 0 amide bonds. The van der Waals surface area contributed by atoms with Gasteiger partial charge in [-0.3, -0.25) is 0 Å². The van der Waals surface area contributed by atoms with Gasteiger partial charge in [0, 0.05) is 11.9 Å². The molecule has 0 radical (unpaired) electrons. The van der Waals surface area contributed by atoms with E-state index in [2.05, 4.69) is 0 Å². The van der Waals surface area contributed by atoms with Crippen LogP contribution in [0.25, 0.3) is 0 Å². The first-order valence-corrected chi connectivity index (χ1v) is 6.34. The molecule has 0 bridgehead atoms. The molecule has 0 atom stereocenters. The number of carbonyl (C=O) groups excluding carboxylic acids is 2. The standard InChI is InChI=1S/2C6H13NO2.Mg/c2*7-5-3-1-2-4-6(8)9;/h2*1-5,7H2,(H,8,9);/q;;+2/p-2. The summed E-state index contributed by atoms with van der Waals surface area (Å²) >= 11 is 0. The summed E-state index contributed by atoms with van der Waals surface area (Å²) < 4.78 is 0. The van der Waals surface area contributed by atoms with Gasteiger partial charge in [-0.1, -0.05) is 12.8 Å². The van der Waals surface area contributed by atoms with Crippen molar-refractivity contribution in [3.8, 4) is 0 Å². The zero-order chi connectivity index (χ0) is 14.2. The summed E-state index contributed by atoms with van der Waals surface area (Å²) in [6, 6.07) is 0. The van der Waals surface area contributed by atoms with Crippen LogP contribution >= 0.6 is 0 Å². The third kappa shape index (κ3) is 31.8. The molecule has 0 aromatic heterocycles. The summed E-state index contributed by atoms with van der Waals surface area (Å²) in [5.41, 5.74) is 10.4.